The third kappa shape index (κ3) is 13.0. The maximum absolute atomic E-state index is 12.0. The molecule has 2 atom stereocenters. The summed E-state index contributed by atoms with van der Waals surface area (Å²) in [4.78, 5) is 12.2. The molecule has 2 aliphatic heterocycles. The number of aliphatic carboxylic acids is 1. The molecule has 0 saturated carbocycles. The second-order valence-corrected chi connectivity index (χ2v) is 21.1. The second-order valence-electron chi connectivity index (χ2n) is 15.3. The number of anilines is 1. The Bertz CT molecular complexity index is 2580. The van der Waals surface area contributed by atoms with E-state index in [1.807, 2.05) is 17.9 Å². The Hall–Kier alpha value is -4.06. The van der Waals surface area contributed by atoms with Crippen molar-refractivity contribution in [2.75, 3.05) is 43.2 Å². The molecular weight excluding hydrogens is 877 g/mol. The third-order valence-electron chi connectivity index (χ3n) is 10.9. The van der Waals surface area contributed by atoms with Gasteiger partial charge in [-0.25, -0.2) is 25.3 Å². The molecule has 61 heavy (non-hydrogen) atoms. The highest BCUT2D eigenvalue weighted by Gasteiger charge is 2.48. The van der Waals surface area contributed by atoms with Crippen molar-refractivity contribution in [3.63, 3.8) is 0 Å². The molecule has 2 unspecified atom stereocenters. The quantitative estimate of drug-likeness (QED) is 0.0673. The number of carboxylic acid groups (broad SMARTS) is 1. The normalized spacial score (nSPS) is 20.5. The predicted molar refractivity (Wildman–Crippen MR) is 224 cm³/mol. The van der Waals surface area contributed by atoms with Gasteiger partial charge in [0.1, 0.15) is 26.8 Å². The van der Waals surface area contributed by atoms with Crippen molar-refractivity contribution in [2.24, 2.45) is 0 Å². The first-order valence-corrected chi connectivity index (χ1v) is 25.3. The van der Waals surface area contributed by atoms with Crippen molar-refractivity contribution in [1.82, 2.24) is 0 Å². The van der Waals surface area contributed by atoms with Gasteiger partial charge in [0.2, 0.25) is 5.69 Å². The van der Waals surface area contributed by atoms with Gasteiger partial charge in [-0.3, -0.25) is 9.35 Å². The van der Waals surface area contributed by atoms with Gasteiger partial charge < -0.3 is 28.4 Å². The Kier molecular flexibility index (Phi) is 16.2. The third-order valence-corrected chi connectivity index (χ3v) is 14.1. The van der Waals surface area contributed by atoms with Crippen molar-refractivity contribution >= 4 is 63.5 Å². The van der Waals surface area contributed by atoms with Crippen LogP contribution in [0.15, 0.2) is 94.4 Å². The molecule has 336 valence electrons. The summed E-state index contributed by atoms with van der Waals surface area (Å²) >= 11 is 0. The highest BCUT2D eigenvalue weighted by atomic mass is 32.2. The molecule has 2 aliphatic rings. The number of unbranched alkanes of at least 4 members (excludes halogenated alkanes) is 2. The van der Waals surface area contributed by atoms with Gasteiger partial charge in [-0.05, 0) is 87.9 Å². The lowest BCUT2D eigenvalue weighted by Gasteiger charge is -2.30. The van der Waals surface area contributed by atoms with E-state index in [0.717, 1.165) is 11.8 Å². The van der Waals surface area contributed by atoms with Crippen molar-refractivity contribution in [3.05, 3.63) is 95.8 Å². The van der Waals surface area contributed by atoms with Gasteiger partial charge in [0.05, 0.1) is 31.1 Å². The van der Waals surface area contributed by atoms with Crippen LogP contribution in [0.5, 0.6) is 0 Å². The molecule has 2 N–H and O–H groups in total. The number of methoxy groups -OCH3 is 1. The van der Waals surface area contributed by atoms with E-state index in [1.165, 1.54) is 31.4 Å². The van der Waals surface area contributed by atoms with E-state index in [4.69, 9.17) is 9.84 Å². The number of fused-ring (bicyclic) bond motifs is 2. The lowest BCUT2D eigenvalue weighted by atomic mass is 9.76. The fourth-order valence-corrected chi connectivity index (χ4v) is 9.89. The van der Waals surface area contributed by atoms with Crippen molar-refractivity contribution in [2.45, 2.75) is 85.8 Å². The average molecular weight is 927 g/mol. The van der Waals surface area contributed by atoms with Crippen LogP contribution < -0.4 is 4.90 Å². The summed E-state index contributed by atoms with van der Waals surface area (Å²) in [6, 6.07) is 7.94. The molecule has 0 spiro atoms. The number of allylic oxidation sites excluding steroid dienone is 8. The summed E-state index contributed by atoms with van der Waals surface area (Å²) < 4.78 is 146. The maximum atomic E-state index is 12.0. The maximum Gasteiger partial charge on any atom is 0.303 e. The fourth-order valence-electron chi connectivity index (χ4n) is 7.90. The zero-order valence-electron chi connectivity index (χ0n) is 33.9. The number of nitrogens with zero attached hydrogens (tertiary/aromatic N) is 2. The number of rotatable bonds is 23. The zero-order chi connectivity index (χ0) is 45.4. The van der Waals surface area contributed by atoms with Crippen LogP contribution >= 0.6 is 0 Å². The number of hydrogen-bond donors (Lipinski definition) is 2. The average Bonchev–Trinajstić information content (AvgIpc) is 3.51. The smallest absolute Gasteiger partial charge is 0.303 e. The Morgan fingerprint density at radius 1 is 0.770 bits per heavy atom. The molecule has 0 saturated heterocycles. The minimum Gasteiger partial charge on any atom is -0.748 e. The highest BCUT2D eigenvalue weighted by molar-refractivity contribution is 7.86. The summed E-state index contributed by atoms with van der Waals surface area (Å²) in [6.45, 7) is 4.41. The van der Waals surface area contributed by atoms with Crippen LogP contribution in [0.25, 0.3) is 0 Å². The van der Waals surface area contributed by atoms with Crippen LogP contribution in [0.3, 0.4) is 0 Å². The number of carboxylic acids is 1. The Morgan fingerprint density at radius 2 is 1.39 bits per heavy atom. The lowest BCUT2D eigenvalue weighted by molar-refractivity contribution is -0.437. The molecule has 0 aromatic heterocycles. The van der Waals surface area contributed by atoms with E-state index < -0.39 is 73.7 Å². The van der Waals surface area contributed by atoms with Gasteiger partial charge in [-0.2, -0.15) is 13.0 Å². The molecule has 2 aromatic carbocycles. The largest absolute Gasteiger partial charge is 0.748 e. The number of ether oxygens (including phenoxy) is 1. The van der Waals surface area contributed by atoms with E-state index in [-0.39, 0.29) is 37.1 Å². The van der Waals surface area contributed by atoms with Gasteiger partial charge in [0.15, 0.2) is 5.71 Å². The molecule has 0 fully saturated rings. The van der Waals surface area contributed by atoms with Gasteiger partial charge in [-0.15, -0.1) is 0 Å². The first-order valence-electron chi connectivity index (χ1n) is 19.3. The topological polar surface area (TPSA) is 279 Å². The van der Waals surface area contributed by atoms with Gasteiger partial charge in [-0.1, -0.05) is 36.8 Å². The van der Waals surface area contributed by atoms with Crippen LogP contribution in [-0.4, -0.2) is 112 Å². The summed E-state index contributed by atoms with van der Waals surface area (Å²) in [5.41, 5.74) is 1.40. The molecule has 2 heterocycles. The van der Waals surface area contributed by atoms with Gasteiger partial charge in [0, 0.05) is 73.4 Å². The summed E-state index contributed by atoms with van der Waals surface area (Å²) in [5, 5.41) is 9.08. The van der Waals surface area contributed by atoms with Crippen LogP contribution in [-0.2, 0) is 60.8 Å². The second kappa shape index (κ2) is 20.0. The van der Waals surface area contributed by atoms with E-state index in [1.54, 1.807) is 54.0 Å². The van der Waals surface area contributed by atoms with E-state index in [9.17, 15) is 56.7 Å². The lowest BCUT2D eigenvalue weighted by Crippen LogP contribution is -2.32. The standard InChI is InChI=1S/C40H52N2O15S4/c1-39(21-12-26-58(45,46)47)32-28-30(60(51,52)53)17-19-34(32)42(24-13-27-59(48,49)50)36(39)14-8-5-4-6-9-15-37-40(2,22-25-57-3)33-29-31(61(54,55)56)18-20-35(33)41(37)23-11-7-10-16-38(43)44/h4-6,8-9,14-15,17-20,28-29H,7,10-13,16,21-27H2,1-3H3,(H4-,43,44,45,46,47,48,49,50,51,52,53,54,55,56)/p-2. The molecule has 2 aromatic rings. The Morgan fingerprint density at radius 3 is 2.00 bits per heavy atom. The van der Waals surface area contributed by atoms with Crippen LogP contribution in [0.1, 0.15) is 76.3 Å². The number of hydrogen-bond acceptors (Lipinski definition) is 14. The molecule has 4 rings (SSSR count). The molecular formula is C40H50N2O15S4-2. The van der Waals surface area contributed by atoms with Gasteiger partial charge in [0.25, 0.3) is 10.1 Å². The van der Waals surface area contributed by atoms with E-state index >= 15 is 0 Å². The molecule has 17 nitrogen and oxygen atoms in total. The number of benzene rings is 2. The first kappa shape index (κ1) is 49.6. The SMILES string of the molecule is COCCC1(C)C(=CC=CC=CC=CC2=[N+](CCCS(=O)(=O)O)c3ccc(S(=O)(=O)[O-])cc3C2(C)CCCS(=O)(=O)[O-])N(CCCCCC(=O)O)c2ccc(S(=O)(=O)[O-])cc21. The molecule has 0 radical (unpaired) electrons. The van der Waals surface area contributed by atoms with Crippen LogP contribution in [0, 0.1) is 0 Å². The highest BCUT2D eigenvalue weighted by Crippen LogP contribution is 2.51. The summed E-state index contributed by atoms with van der Waals surface area (Å²) in [6.07, 6.45) is 14.0. The minimum absolute atomic E-state index is 0.0189. The molecule has 0 amide bonds. The minimum atomic E-state index is -4.92. The first-order chi connectivity index (χ1) is 28.3. The molecule has 0 aliphatic carbocycles. The summed E-state index contributed by atoms with van der Waals surface area (Å²) in [7, 11) is -17.1. The van der Waals surface area contributed by atoms with Gasteiger partial charge >= 0.3 is 5.97 Å². The fraction of sp³-hybridized carbons (Fsp3) is 0.450. The monoisotopic (exact) mass is 926 g/mol. The molecule has 0 bridgehead atoms. The van der Waals surface area contributed by atoms with Crippen molar-refractivity contribution in [3.8, 4) is 0 Å². The van der Waals surface area contributed by atoms with E-state index in [0.29, 0.717) is 67.0 Å². The van der Waals surface area contributed by atoms with Crippen LogP contribution in [0.2, 0.25) is 0 Å². The zero-order valence-corrected chi connectivity index (χ0v) is 37.2. The predicted octanol–water partition coefficient (Wildman–Crippen LogP) is 4.47. The van der Waals surface area contributed by atoms with Crippen molar-refractivity contribution < 1.29 is 71.1 Å². The van der Waals surface area contributed by atoms with Crippen molar-refractivity contribution in [1.29, 1.82) is 0 Å². The Balaban J connectivity index is 1.73. The summed E-state index contributed by atoms with van der Waals surface area (Å²) in [5.74, 6) is -2.20. The number of carbonyl (C=O) groups is 1. The Labute approximate surface area is 357 Å². The van der Waals surface area contributed by atoms with Crippen LogP contribution in [0.4, 0.5) is 11.4 Å². The molecule has 21 heteroatoms. The van der Waals surface area contributed by atoms with E-state index in [2.05, 4.69) is 0 Å².